The van der Waals surface area contributed by atoms with Crippen molar-refractivity contribution in [1.82, 2.24) is 9.97 Å². The summed E-state index contributed by atoms with van der Waals surface area (Å²) in [5.41, 5.74) is 8.57. The van der Waals surface area contributed by atoms with Crippen molar-refractivity contribution >= 4 is 28.4 Å². The van der Waals surface area contributed by atoms with Crippen LogP contribution in [0.5, 0.6) is 5.75 Å². The minimum atomic E-state index is 0.251. The number of benzene rings is 2. The van der Waals surface area contributed by atoms with Crippen LogP contribution in [0.15, 0.2) is 42.5 Å². The van der Waals surface area contributed by atoms with E-state index in [1.54, 1.807) is 7.11 Å². The van der Waals surface area contributed by atoms with E-state index in [-0.39, 0.29) is 5.95 Å². The molecule has 0 atom stereocenters. The number of anilines is 3. The number of nitrogens with two attached hydrogens (primary N) is 1. The van der Waals surface area contributed by atoms with Crippen molar-refractivity contribution in [2.45, 2.75) is 6.92 Å². The predicted molar refractivity (Wildman–Crippen MR) is 85.0 cm³/mol. The van der Waals surface area contributed by atoms with Gasteiger partial charge in [0.25, 0.3) is 0 Å². The van der Waals surface area contributed by atoms with E-state index in [0.717, 1.165) is 27.9 Å². The second-order valence-corrected chi connectivity index (χ2v) is 4.76. The lowest BCUT2D eigenvalue weighted by atomic mass is 10.2. The number of fused-ring (bicyclic) bond motifs is 1. The first-order valence-corrected chi connectivity index (χ1v) is 6.61. The van der Waals surface area contributed by atoms with Crippen LogP contribution in [0.4, 0.5) is 17.5 Å². The van der Waals surface area contributed by atoms with E-state index in [9.17, 15) is 0 Å². The van der Waals surface area contributed by atoms with Gasteiger partial charge in [-0.25, -0.2) is 4.98 Å². The number of nitrogen functional groups attached to an aromatic ring is 1. The van der Waals surface area contributed by atoms with Crippen molar-refractivity contribution in [3.8, 4) is 5.75 Å². The second kappa shape index (κ2) is 5.28. The summed E-state index contributed by atoms with van der Waals surface area (Å²) in [6, 6.07) is 13.6. The van der Waals surface area contributed by atoms with Crippen molar-refractivity contribution in [2.75, 3.05) is 18.2 Å². The van der Waals surface area contributed by atoms with Crippen LogP contribution in [0, 0.1) is 6.92 Å². The lowest BCUT2D eigenvalue weighted by Gasteiger charge is -2.11. The predicted octanol–water partition coefficient (Wildman–Crippen LogP) is 3.27. The van der Waals surface area contributed by atoms with Crippen LogP contribution in [0.1, 0.15) is 5.56 Å². The zero-order valence-electron chi connectivity index (χ0n) is 11.9. The molecule has 5 nitrogen and oxygen atoms in total. The van der Waals surface area contributed by atoms with Crippen LogP contribution in [0.25, 0.3) is 10.9 Å². The zero-order chi connectivity index (χ0) is 14.8. The number of rotatable bonds is 3. The molecule has 0 spiro atoms. The van der Waals surface area contributed by atoms with Gasteiger partial charge in [0.1, 0.15) is 11.6 Å². The maximum absolute atomic E-state index is 5.77. The average Bonchev–Trinajstić information content (AvgIpc) is 2.47. The monoisotopic (exact) mass is 280 g/mol. The zero-order valence-corrected chi connectivity index (χ0v) is 11.9. The largest absolute Gasteiger partial charge is 0.496 e. The molecule has 0 saturated heterocycles. The maximum atomic E-state index is 5.77. The van der Waals surface area contributed by atoms with Crippen molar-refractivity contribution in [1.29, 1.82) is 0 Å². The highest BCUT2D eigenvalue weighted by atomic mass is 16.5. The molecule has 0 amide bonds. The molecular formula is C16H16N4O. The summed E-state index contributed by atoms with van der Waals surface area (Å²) in [6.07, 6.45) is 0. The van der Waals surface area contributed by atoms with Crippen LogP contribution in [-0.4, -0.2) is 17.1 Å². The number of nitrogens with one attached hydrogen (secondary N) is 1. The van der Waals surface area contributed by atoms with E-state index in [1.165, 1.54) is 0 Å². The third kappa shape index (κ3) is 2.58. The number of hydrogen-bond donors (Lipinski definition) is 2. The van der Waals surface area contributed by atoms with Gasteiger partial charge in [0, 0.05) is 11.1 Å². The Hall–Kier alpha value is -2.82. The summed E-state index contributed by atoms with van der Waals surface area (Å²) in [7, 11) is 1.66. The van der Waals surface area contributed by atoms with Gasteiger partial charge in [-0.05, 0) is 42.8 Å². The van der Waals surface area contributed by atoms with Crippen molar-refractivity contribution in [3.63, 3.8) is 0 Å². The lowest BCUT2D eigenvalue weighted by molar-refractivity contribution is 0.412. The van der Waals surface area contributed by atoms with E-state index in [4.69, 9.17) is 10.5 Å². The van der Waals surface area contributed by atoms with E-state index >= 15 is 0 Å². The molecule has 106 valence electrons. The molecule has 0 aliphatic carbocycles. The molecule has 3 rings (SSSR count). The van der Waals surface area contributed by atoms with Gasteiger partial charge >= 0.3 is 0 Å². The average molecular weight is 280 g/mol. The fourth-order valence-corrected chi connectivity index (χ4v) is 2.28. The van der Waals surface area contributed by atoms with E-state index in [1.807, 2.05) is 49.4 Å². The number of nitrogens with zero attached hydrogens (tertiary/aromatic N) is 2. The lowest BCUT2D eigenvalue weighted by Crippen LogP contribution is -2.01. The first-order chi connectivity index (χ1) is 10.2. The Kier molecular flexibility index (Phi) is 3.31. The number of ether oxygens (including phenoxy) is 1. The Morgan fingerprint density at radius 3 is 2.67 bits per heavy atom. The Labute approximate surface area is 122 Å². The molecule has 0 bridgehead atoms. The molecule has 0 aliphatic heterocycles. The maximum Gasteiger partial charge on any atom is 0.222 e. The van der Waals surface area contributed by atoms with Gasteiger partial charge in [-0.3, -0.25) is 0 Å². The molecule has 2 aromatic carbocycles. The number of methoxy groups -OCH3 is 1. The molecule has 0 fully saturated rings. The summed E-state index contributed by atoms with van der Waals surface area (Å²) in [5.74, 6) is 1.80. The summed E-state index contributed by atoms with van der Waals surface area (Å²) in [4.78, 5) is 8.52. The van der Waals surface area contributed by atoms with Crippen LogP contribution < -0.4 is 15.8 Å². The molecular weight excluding hydrogens is 264 g/mol. The van der Waals surface area contributed by atoms with E-state index in [2.05, 4.69) is 15.3 Å². The summed E-state index contributed by atoms with van der Waals surface area (Å²) < 4.78 is 5.27. The van der Waals surface area contributed by atoms with Gasteiger partial charge in [0.05, 0.1) is 12.6 Å². The number of hydrogen-bond acceptors (Lipinski definition) is 5. The first-order valence-electron chi connectivity index (χ1n) is 6.61. The molecule has 21 heavy (non-hydrogen) atoms. The Balaban J connectivity index is 2.03. The van der Waals surface area contributed by atoms with Gasteiger partial charge < -0.3 is 15.8 Å². The SMILES string of the molecule is COc1ccc(Nc2nc(N)nc3ccccc23)cc1C. The van der Waals surface area contributed by atoms with Crippen molar-refractivity contribution < 1.29 is 4.74 Å². The summed E-state index contributed by atoms with van der Waals surface area (Å²) in [5, 5.41) is 4.22. The highest BCUT2D eigenvalue weighted by Gasteiger charge is 2.07. The molecule has 5 heteroatoms. The normalized spacial score (nSPS) is 10.6. The molecule has 3 N–H and O–H groups in total. The van der Waals surface area contributed by atoms with E-state index < -0.39 is 0 Å². The molecule has 3 aromatic rings. The fourth-order valence-electron chi connectivity index (χ4n) is 2.28. The van der Waals surface area contributed by atoms with Gasteiger partial charge in [-0.1, -0.05) is 12.1 Å². The van der Waals surface area contributed by atoms with Crippen LogP contribution in [-0.2, 0) is 0 Å². The highest BCUT2D eigenvalue weighted by molar-refractivity contribution is 5.91. The smallest absolute Gasteiger partial charge is 0.222 e. The third-order valence-corrected chi connectivity index (χ3v) is 3.28. The van der Waals surface area contributed by atoms with Crippen molar-refractivity contribution in [3.05, 3.63) is 48.0 Å². The quantitative estimate of drug-likeness (QED) is 0.770. The molecule has 0 unspecified atom stereocenters. The van der Waals surface area contributed by atoms with Crippen LogP contribution in [0.2, 0.25) is 0 Å². The van der Waals surface area contributed by atoms with Crippen LogP contribution >= 0.6 is 0 Å². The molecule has 0 aliphatic rings. The van der Waals surface area contributed by atoms with Gasteiger partial charge in [0.2, 0.25) is 5.95 Å². The minimum absolute atomic E-state index is 0.251. The molecule has 0 radical (unpaired) electrons. The molecule has 1 aromatic heterocycles. The van der Waals surface area contributed by atoms with Gasteiger partial charge in [-0.15, -0.1) is 0 Å². The molecule has 0 saturated carbocycles. The third-order valence-electron chi connectivity index (χ3n) is 3.28. The Morgan fingerprint density at radius 2 is 1.90 bits per heavy atom. The summed E-state index contributed by atoms with van der Waals surface area (Å²) in [6.45, 7) is 2.00. The van der Waals surface area contributed by atoms with Crippen molar-refractivity contribution in [2.24, 2.45) is 0 Å². The first kappa shape index (κ1) is 13.2. The standard InChI is InChI=1S/C16H16N4O/c1-10-9-11(7-8-14(10)21-2)18-15-12-5-3-4-6-13(12)19-16(17)20-15/h3-9H,1-2H3,(H3,17,18,19,20). The summed E-state index contributed by atoms with van der Waals surface area (Å²) >= 11 is 0. The molecule has 1 heterocycles. The minimum Gasteiger partial charge on any atom is -0.496 e. The highest BCUT2D eigenvalue weighted by Crippen LogP contribution is 2.27. The number of aromatic nitrogens is 2. The topological polar surface area (TPSA) is 73.1 Å². The number of aryl methyl sites for hydroxylation is 1. The van der Waals surface area contributed by atoms with Crippen LogP contribution in [0.3, 0.4) is 0 Å². The van der Waals surface area contributed by atoms with Gasteiger partial charge in [0.15, 0.2) is 0 Å². The van der Waals surface area contributed by atoms with E-state index in [0.29, 0.717) is 5.82 Å². The fraction of sp³-hybridized carbons (Fsp3) is 0.125. The second-order valence-electron chi connectivity index (χ2n) is 4.76. The number of para-hydroxylation sites is 1. The Morgan fingerprint density at radius 1 is 1.10 bits per heavy atom. The van der Waals surface area contributed by atoms with Gasteiger partial charge in [-0.2, -0.15) is 4.98 Å². The Bertz CT molecular complexity index is 801.